The van der Waals surface area contributed by atoms with Crippen molar-refractivity contribution in [2.45, 2.75) is 65.3 Å². The molecular formula is C13H27N. The molecule has 0 saturated heterocycles. The molecule has 0 aromatic carbocycles. The van der Waals surface area contributed by atoms with Crippen molar-refractivity contribution in [3.63, 3.8) is 0 Å². The number of hydrogen-bond acceptors (Lipinski definition) is 1. The van der Waals surface area contributed by atoms with Crippen LogP contribution < -0.4 is 5.32 Å². The van der Waals surface area contributed by atoms with Gasteiger partial charge in [-0.15, -0.1) is 0 Å². The molecule has 0 radical (unpaired) electrons. The van der Waals surface area contributed by atoms with E-state index in [0.29, 0.717) is 0 Å². The van der Waals surface area contributed by atoms with Gasteiger partial charge in [0.2, 0.25) is 0 Å². The average Bonchev–Trinajstić information content (AvgIpc) is 2.89. The van der Waals surface area contributed by atoms with Crippen molar-refractivity contribution < 1.29 is 0 Å². The lowest BCUT2D eigenvalue weighted by Crippen LogP contribution is -2.31. The van der Waals surface area contributed by atoms with Gasteiger partial charge in [0.05, 0.1) is 0 Å². The molecule has 1 saturated carbocycles. The van der Waals surface area contributed by atoms with Crippen molar-refractivity contribution in [1.29, 1.82) is 0 Å². The second kappa shape index (κ2) is 6.44. The molecule has 1 heteroatoms. The van der Waals surface area contributed by atoms with Gasteiger partial charge in [-0.25, -0.2) is 0 Å². The van der Waals surface area contributed by atoms with Crippen LogP contribution in [0.3, 0.4) is 0 Å². The molecule has 1 rings (SSSR count). The average molecular weight is 197 g/mol. The van der Waals surface area contributed by atoms with Crippen LogP contribution in [0, 0.1) is 11.8 Å². The maximum absolute atomic E-state index is 3.64. The lowest BCUT2D eigenvalue weighted by atomic mass is 9.94. The summed E-state index contributed by atoms with van der Waals surface area (Å²) in [5.74, 6) is 1.97. The highest BCUT2D eigenvalue weighted by atomic mass is 14.9. The molecule has 1 fully saturated rings. The first-order valence-electron chi connectivity index (χ1n) is 6.49. The molecule has 0 spiro atoms. The van der Waals surface area contributed by atoms with Gasteiger partial charge in [0.15, 0.2) is 0 Å². The third kappa shape index (κ3) is 4.99. The normalized spacial score (nSPS) is 20.8. The molecule has 1 aliphatic carbocycles. The van der Waals surface area contributed by atoms with Crippen LogP contribution >= 0.6 is 0 Å². The van der Waals surface area contributed by atoms with E-state index in [9.17, 15) is 0 Å². The molecule has 1 N–H and O–H groups in total. The van der Waals surface area contributed by atoms with Gasteiger partial charge in [-0.3, -0.25) is 0 Å². The quantitative estimate of drug-likeness (QED) is 0.627. The van der Waals surface area contributed by atoms with Crippen LogP contribution in [0.5, 0.6) is 0 Å². The van der Waals surface area contributed by atoms with E-state index in [1.165, 1.54) is 38.5 Å². The first-order valence-corrected chi connectivity index (χ1v) is 6.49. The third-order valence-corrected chi connectivity index (χ3v) is 3.28. The molecular weight excluding hydrogens is 170 g/mol. The third-order valence-electron chi connectivity index (χ3n) is 3.28. The maximum atomic E-state index is 3.64. The molecule has 0 amide bonds. The standard InChI is InChI=1S/C13H27N/c1-4-6-11(3)9-13(14-5-2)10-12-7-8-12/h11-14H,4-10H2,1-3H3. The Morgan fingerprint density at radius 1 is 1.29 bits per heavy atom. The highest BCUT2D eigenvalue weighted by molar-refractivity contribution is 4.80. The fourth-order valence-corrected chi connectivity index (χ4v) is 2.40. The van der Waals surface area contributed by atoms with Gasteiger partial charge >= 0.3 is 0 Å². The molecule has 1 aliphatic rings. The van der Waals surface area contributed by atoms with Crippen molar-refractivity contribution in [2.24, 2.45) is 11.8 Å². The van der Waals surface area contributed by atoms with Gasteiger partial charge in [0, 0.05) is 6.04 Å². The zero-order chi connectivity index (χ0) is 10.4. The summed E-state index contributed by atoms with van der Waals surface area (Å²) in [6, 6.07) is 0.800. The van der Waals surface area contributed by atoms with Crippen LogP contribution in [0.2, 0.25) is 0 Å². The van der Waals surface area contributed by atoms with E-state index >= 15 is 0 Å². The second-order valence-corrected chi connectivity index (χ2v) is 5.06. The van der Waals surface area contributed by atoms with Crippen LogP contribution in [0.4, 0.5) is 0 Å². The molecule has 0 bridgehead atoms. The fraction of sp³-hybridized carbons (Fsp3) is 1.00. The summed E-state index contributed by atoms with van der Waals surface area (Å²) in [7, 11) is 0. The van der Waals surface area contributed by atoms with Crippen molar-refractivity contribution in [3.05, 3.63) is 0 Å². The smallest absolute Gasteiger partial charge is 0.00721 e. The summed E-state index contributed by atoms with van der Waals surface area (Å²) in [6.07, 6.45) is 8.53. The molecule has 84 valence electrons. The Hall–Kier alpha value is -0.0400. The van der Waals surface area contributed by atoms with E-state index in [1.54, 1.807) is 0 Å². The molecule has 0 aliphatic heterocycles. The highest BCUT2D eigenvalue weighted by Gasteiger charge is 2.25. The first-order chi connectivity index (χ1) is 6.76. The fourth-order valence-electron chi connectivity index (χ4n) is 2.40. The van der Waals surface area contributed by atoms with E-state index < -0.39 is 0 Å². The Labute approximate surface area is 89.7 Å². The Morgan fingerprint density at radius 3 is 2.50 bits per heavy atom. The van der Waals surface area contributed by atoms with Crippen LogP contribution in [-0.2, 0) is 0 Å². The molecule has 2 atom stereocenters. The Balaban J connectivity index is 2.18. The van der Waals surface area contributed by atoms with Crippen LogP contribution in [0.1, 0.15) is 59.3 Å². The molecule has 1 nitrogen and oxygen atoms in total. The summed E-state index contributed by atoms with van der Waals surface area (Å²) in [4.78, 5) is 0. The monoisotopic (exact) mass is 197 g/mol. The zero-order valence-corrected chi connectivity index (χ0v) is 10.2. The van der Waals surface area contributed by atoms with Gasteiger partial charge < -0.3 is 5.32 Å². The van der Waals surface area contributed by atoms with Crippen LogP contribution in [0.25, 0.3) is 0 Å². The summed E-state index contributed by atoms with van der Waals surface area (Å²) >= 11 is 0. The Kier molecular flexibility index (Phi) is 5.54. The summed E-state index contributed by atoms with van der Waals surface area (Å²) in [5, 5.41) is 3.64. The minimum absolute atomic E-state index is 0.800. The zero-order valence-electron chi connectivity index (χ0n) is 10.2. The van der Waals surface area contributed by atoms with Gasteiger partial charge in [-0.2, -0.15) is 0 Å². The van der Waals surface area contributed by atoms with Crippen LogP contribution in [-0.4, -0.2) is 12.6 Å². The molecule has 0 aromatic heterocycles. The van der Waals surface area contributed by atoms with Gasteiger partial charge in [0.1, 0.15) is 0 Å². The number of hydrogen-bond donors (Lipinski definition) is 1. The second-order valence-electron chi connectivity index (χ2n) is 5.06. The molecule has 2 unspecified atom stereocenters. The van der Waals surface area contributed by atoms with E-state index in [0.717, 1.165) is 24.4 Å². The summed E-state index contributed by atoms with van der Waals surface area (Å²) < 4.78 is 0. The van der Waals surface area contributed by atoms with Crippen molar-refractivity contribution >= 4 is 0 Å². The van der Waals surface area contributed by atoms with Crippen molar-refractivity contribution in [2.75, 3.05) is 6.54 Å². The van der Waals surface area contributed by atoms with E-state index in [1.807, 2.05) is 0 Å². The lowest BCUT2D eigenvalue weighted by molar-refractivity contribution is 0.361. The predicted molar refractivity (Wildman–Crippen MR) is 63.5 cm³/mol. The number of nitrogens with one attached hydrogen (secondary N) is 1. The molecule has 0 aromatic rings. The van der Waals surface area contributed by atoms with E-state index in [-0.39, 0.29) is 0 Å². The SMILES string of the molecule is CCCC(C)CC(CC1CC1)NCC. The minimum Gasteiger partial charge on any atom is -0.314 e. The highest BCUT2D eigenvalue weighted by Crippen LogP contribution is 2.34. The lowest BCUT2D eigenvalue weighted by Gasteiger charge is -2.21. The summed E-state index contributed by atoms with van der Waals surface area (Å²) in [6.45, 7) is 8.06. The molecule has 0 heterocycles. The Morgan fingerprint density at radius 2 is 2.00 bits per heavy atom. The van der Waals surface area contributed by atoms with Crippen LogP contribution in [0.15, 0.2) is 0 Å². The van der Waals surface area contributed by atoms with E-state index in [2.05, 4.69) is 26.1 Å². The predicted octanol–water partition coefficient (Wildman–Crippen LogP) is 3.59. The van der Waals surface area contributed by atoms with Crippen molar-refractivity contribution in [3.8, 4) is 0 Å². The van der Waals surface area contributed by atoms with Gasteiger partial charge in [0.25, 0.3) is 0 Å². The number of rotatable bonds is 8. The Bertz CT molecular complexity index is 140. The maximum Gasteiger partial charge on any atom is 0.00721 e. The van der Waals surface area contributed by atoms with E-state index in [4.69, 9.17) is 0 Å². The summed E-state index contributed by atoms with van der Waals surface area (Å²) in [5.41, 5.74) is 0. The van der Waals surface area contributed by atoms with Crippen molar-refractivity contribution in [1.82, 2.24) is 5.32 Å². The topological polar surface area (TPSA) is 12.0 Å². The van der Waals surface area contributed by atoms with Gasteiger partial charge in [-0.1, -0.05) is 46.5 Å². The minimum atomic E-state index is 0.800. The largest absolute Gasteiger partial charge is 0.314 e. The van der Waals surface area contributed by atoms with Gasteiger partial charge in [-0.05, 0) is 31.2 Å². The first kappa shape index (κ1) is 12.0. The molecule has 14 heavy (non-hydrogen) atoms.